The molecule has 0 saturated heterocycles. The Labute approximate surface area is 162 Å². The number of hydrogen-bond donors (Lipinski definition) is 2. The first-order valence-electron chi connectivity index (χ1n) is 8.37. The summed E-state index contributed by atoms with van der Waals surface area (Å²) in [5.41, 5.74) is -1.19. The van der Waals surface area contributed by atoms with E-state index in [1.54, 1.807) is 6.92 Å². The second-order valence-electron chi connectivity index (χ2n) is 6.36. The number of aromatic carboxylic acids is 1. The number of carbonyl (C=O) groups is 1. The number of aliphatic hydroxyl groups excluding tert-OH is 1. The van der Waals surface area contributed by atoms with Crippen molar-refractivity contribution in [3.05, 3.63) is 69.4 Å². The van der Waals surface area contributed by atoms with Crippen LogP contribution in [0.1, 0.15) is 27.3 Å². The molecule has 0 saturated carbocycles. The minimum Gasteiger partial charge on any atom is -0.477 e. The van der Waals surface area contributed by atoms with Crippen molar-refractivity contribution in [3.63, 3.8) is 0 Å². The van der Waals surface area contributed by atoms with Crippen molar-refractivity contribution >= 4 is 5.97 Å². The third kappa shape index (κ3) is 3.66. The number of halogens is 3. The fourth-order valence-corrected chi connectivity index (χ4v) is 3.12. The Morgan fingerprint density at radius 3 is 2.41 bits per heavy atom. The van der Waals surface area contributed by atoms with Crippen LogP contribution >= 0.6 is 0 Å². The van der Waals surface area contributed by atoms with Gasteiger partial charge in [-0.3, -0.25) is 9.36 Å². The van der Waals surface area contributed by atoms with Gasteiger partial charge < -0.3 is 10.2 Å². The average Bonchev–Trinajstić information content (AvgIpc) is 3.02. The van der Waals surface area contributed by atoms with Crippen molar-refractivity contribution in [3.8, 4) is 16.8 Å². The predicted octanol–water partition coefficient (Wildman–Crippen LogP) is 2.98. The molecule has 0 unspecified atom stereocenters. The summed E-state index contributed by atoms with van der Waals surface area (Å²) in [4.78, 5) is 24.4. The molecule has 0 fully saturated rings. The lowest BCUT2D eigenvalue weighted by Crippen LogP contribution is -2.27. The Morgan fingerprint density at radius 1 is 1.17 bits per heavy atom. The SMILES string of the molecule is Cc1nn(CO)cc1-c1cc(C(=O)O)c(=O)n(-c2cccc(C(F)(F)F)c2)c1C. The second kappa shape index (κ2) is 7.21. The number of rotatable bonds is 4. The molecular weight excluding hydrogens is 391 g/mol. The van der Waals surface area contributed by atoms with Crippen LogP contribution in [0.15, 0.2) is 41.3 Å². The molecule has 0 aliphatic carbocycles. The van der Waals surface area contributed by atoms with Gasteiger partial charge in [-0.05, 0) is 38.1 Å². The van der Waals surface area contributed by atoms with Crippen LogP contribution in [0.25, 0.3) is 16.8 Å². The first-order chi connectivity index (χ1) is 13.5. The minimum atomic E-state index is -4.63. The minimum absolute atomic E-state index is 0.112. The van der Waals surface area contributed by atoms with Crippen LogP contribution in [0.2, 0.25) is 0 Å². The van der Waals surface area contributed by atoms with Gasteiger partial charge in [0.1, 0.15) is 12.3 Å². The molecule has 0 atom stereocenters. The highest BCUT2D eigenvalue weighted by Gasteiger charge is 2.31. The van der Waals surface area contributed by atoms with Gasteiger partial charge in [0.15, 0.2) is 0 Å². The lowest BCUT2D eigenvalue weighted by atomic mass is 10.0. The zero-order chi connectivity index (χ0) is 21.5. The van der Waals surface area contributed by atoms with Crippen molar-refractivity contribution in [1.29, 1.82) is 0 Å². The van der Waals surface area contributed by atoms with Gasteiger partial charge in [-0.15, -0.1) is 0 Å². The molecule has 152 valence electrons. The van der Waals surface area contributed by atoms with E-state index in [-0.39, 0.29) is 11.4 Å². The summed E-state index contributed by atoms with van der Waals surface area (Å²) in [6, 6.07) is 5.25. The number of benzene rings is 1. The molecule has 10 heteroatoms. The first-order valence-corrected chi connectivity index (χ1v) is 8.37. The summed E-state index contributed by atoms with van der Waals surface area (Å²) in [6.07, 6.45) is -3.16. The van der Waals surface area contributed by atoms with Crippen LogP contribution < -0.4 is 5.56 Å². The zero-order valence-corrected chi connectivity index (χ0v) is 15.4. The van der Waals surface area contributed by atoms with Crippen LogP contribution in [0.3, 0.4) is 0 Å². The Bertz CT molecular complexity index is 1160. The monoisotopic (exact) mass is 407 g/mol. The molecule has 29 heavy (non-hydrogen) atoms. The summed E-state index contributed by atoms with van der Waals surface area (Å²) in [6.45, 7) is 2.71. The summed E-state index contributed by atoms with van der Waals surface area (Å²) in [7, 11) is 0. The molecule has 3 aromatic rings. The molecular formula is C19H16F3N3O4. The first kappa shape index (κ1) is 20.3. The van der Waals surface area contributed by atoms with Crippen LogP contribution in [0.5, 0.6) is 0 Å². The van der Waals surface area contributed by atoms with Gasteiger partial charge >= 0.3 is 12.1 Å². The van der Waals surface area contributed by atoms with Gasteiger partial charge in [-0.1, -0.05) is 6.07 Å². The van der Waals surface area contributed by atoms with E-state index in [0.717, 1.165) is 28.8 Å². The number of aryl methyl sites for hydroxylation is 1. The van der Waals surface area contributed by atoms with Crippen molar-refractivity contribution in [2.24, 2.45) is 0 Å². The lowest BCUT2D eigenvalue weighted by Gasteiger charge is -2.17. The quantitative estimate of drug-likeness (QED) is 0.693. The highest BCUT2D eigenvalue weighted by molar-refractivity contribution is 5.89. The third-order valence-corrected chi connectivity index (χ3v) is 4.49. The molecule has 0 bridgehead atoms. The maximum absolute atomic E-state index is 13.1. The molecule has 0 spiro atoms. The van der Waals surface area contributed by atoms with E-state index in [2.05, 4.69) is 5.10 Å². The van der Waals surface area contributed by atoms with Gasteiger partial charge in [-0.2, -0.15) is 18.3 Å². The fourth-order valence-electron chi connectivity index (χ4n) is 3.12. The van der Waals surface area contributed by atoms with E-state index < -0.39 is 35.6 Å². The molecule has 1 aromatic carbocycles. The molecule has 2 heterocycles. The van der Waals surface area contributed by atoms with E-state index in [0.29, 0.717) is 16.8 Å². The number of aromatic nitrogens is 3. The molecule has 2 aromatic heterocycles. The van der Waals surface area contributed by atoms with E-state index in [9.17, 15) is 33.0 Å². The van der Waals surface area contributed by atoms with E-state index >= 15 is 0 Å². The van der Waals surface area contributed by atoms with Crippen LogP contribution in [-0.2, 0) is 12.9 Å². The van der Waals surface area contributed by atoms with Crippen molar-refractivity contribution in [1.82, 2.24) is 14.3 Å². The molecule has 0 radical (unpaired) electrons. The fraction of sp³-hybridized carbons (Fsp3) is 0.211. The standard InChI is InChI=1S/C19H16F3N3O4/c1-10-16(8-24(9-26)23-10)14-7-15(18(28)29)17(27)25(11(14)2)13-5-3-4-12(6-13)19(20,21)22/h3-8,26H,9H2,1-2H3,(H,28,29). The largest absolute Gasteiger partial charge is 0.477 e. The molecule has 0 aliphatic rings. The smallest absolute Gasteiger partial charge is 0.416 e. The molecule has 0 aliphatic heterocycles. The third-order valence-electron chi connectivity index (χ3n) is 4.49. The number of alkyl halides is 3. The second-order valence-corrected chi connectivity index (χ2v) is 6.36. The number of nitrogens with zero attached hydrogens (tertiary/aromatic N) is 3. The maximum Gasteiger partial charge on any atom is 0.416 e. The maximum atomic E-state index is 13.1. The van der Waals surface area contributed by atoms with E-state index in [1.165, 1.54) is 23.9 Å². The van der Waals surface area contributed by atoms with E-state index in [1.807, 2.05) is 0 Å². The molecule has 7 nitrogen and oxygen atoms in total. The Kier molecular flexibility index (Phi) is 5.05. The topological polar surface area (TPSA) is 97.3 Å². The summed E-state index contributed by atoms with van der Waals surface area (Å²) < 4.78 is 41.5. The number of pyridine rings is 1. The van der Waals surface area contributed by atoms with Crippen LogP contribution in [-0.4, -0.2) is 30.5 Å². The van der Waals surface area contributed by atoms with Gasteiger partial charge in [0.25, 0.3) is 5.56 Å². The zero-order valence-electron chi connectivity index (χ0n) is 15.4. The summed E-state index contributed by atoms with van der Waals surface area (Å²) in [5.74, 6) is -1.51. The molecule has 0 amide bonds. The predicted molar refractivity (Wildman–Crippen MR) is 96.9 cm³/mol. The highest BCUT2D eigenvalue weighted by atomic mass is 19.4. The number of carboxylic acid groups (broad SMARTS) is 1. The van der Waals surface area contributed by atoms with Crippen molar-refractivity contribution in [2.75, 3.05) is 0 Å². The molecule has 2 N–H and O–H groups in total. The summed E-state index contributed by atoms with van der Waals surface area (Å²) in [5, 5.41) is 22.8. The Morgan fingerprint density at radius 2 is 1.86 bits per heavy atom. The number of aliphatic hydroxyl groups is 1. The Balaban J connectivity index is 2.36. The van der Waals surface area contributed by atoms with Crippen molar-refractivity contribution in [2.45, 2.75) is 26.8 Å². The lowest BCUT2D eigenvalue weighted by molar-refractivity contribution is -0.137. The van der Waals surface area contributed by atoms with Gasteiger partial charge in [0.2, 0.25) is 0 Å². The number of hydrogen-bond acceptors (Lipinski definition) is 4. The average molecular weight is 407 g/mol. The van der Waals surface area contributed by atoms with E-state index in [4.69, 9.17) is 0 Å². The Hall–Kier alpha value is -3.40. The highest BCUT2D eigenvalue weighted by Crippen LogP contribution is 2.32. The number of carboxylic acids is 1. The molecule has 3 rings (SSSR count). The van der Waals surface area contributed by atoms with Gasteiger partial charge in [-0.25, -0.2) is 9.48 Å². The van der Waals surface area contributed by atoms with Crippen LogP contribution in [0, 0.1) is 13.8 Å². The normalized spacial score (nSPS) is 11.7. The summed E-state index contributed by atoms with van der Waals surface area (Å²) >= 11 is 0. The van der Waals surface area contributed by atoms with Gasteiger partial charge in [0, 0.05) is 28.7 Å². The van der Waals surface area contributed by atoms with Gasteiger partial charge in [0.05, 0.1) is 11.3 Å². The van der Waals surface area contributed by atoms with Crippen molar-refractivity contribution < 1.29 is 28.2 Å². The van der Waals surface area contributed by atoms with Crippen LogP contribution in [0.4, 0.5) is 13.2 Å².